The van der Waals surface area contributed by atoms with Crippen LogP contribution in [0.1, 0.15) is 18.5 Å². The topological polar surface area (TPSA) is 140 Å². The van der Waals surface area contributed by atoms with Crippen LogP contribution in [0.3, 0.4) is 0 Å². The van der Waals surface area contributed by atoms with Crippen LogP contribution in [0.15, 0.2) is 30.6 Å². The zero-order valence-corrected chi connectivity index (χ0v) is 15.4. The molecule has 0 radical (unpaired) electrons. The number of benzene rings is 1. The molecule has 1 aliphatic carbocycles. The van der Waals surface area contributed by atoms with Gasteiger partial charge in [0.2, 0.25) is 0 Å². The van der Waals surface area contributed by atoms with E-state index >= 15 is 0 Å². The van der Waals surface area contributed by atoms with Crippen molar-refractivity contribution in [2.45, 2.75) is 25.0 Å². The van der Waals surface area contributed by atoms with E-state index in [1.807, 2.05) is 6.07 Å². The van der Waals surface area contributed by atoms with Gasteiger partial charge in [0.1, 0.15) is 11.8 Å². The first-order valence-corrected chi connectivity index (χ1v) is 8.91. The van der Waals surface area contributed by atoms with Crippen LogP contribution in [0.5, 0.6) is 5.75 Å². The first-order chi connectivity index (χ1) is 13.4. The maximum atomic E-state index is 12.2. The molecule has 146 valence electrons. The lowest BCUT2D eigenvalue weighted by Gasteiger charge is -2.16. The highest BCUT2D eigenvalue weighted by atomic mass is 35.5. The highest BCUT2D eigenvalue weighted by Crippen LogP contribution is 2.31. The van der Waals surface area contributed by atoms with Crippen LogP contribution in [0.25, 0.3) is 0 Å². The number of amides is 2. The molecule has 0 spiro atoms. The number of carbonyl (C=O) groups excluding carboxylic acids is 1. The molecule has 2 aromatic rings. The van der Waals surface area contributed by atoms with Crippen molar-refractivity contribution in [3.8, 4) is 11.8 Å². The molecule has 10 heteroatoms. The first kappa shape index (κ1) is 19.8. The van der Waals surface area contributed by atoms with Crippen molar-refractivity contribution in [2.24, 2.45) is 5.92 Å². The van der Waals surface area contributed by atoms with Gasteiger partial charge in [-0.25, -0.2) is 14.8 Å². The quantitative estimate of drug-likeness (QED) is 0.599. The lowest BCUT2D eigenvalue weighted by atomic mass is 10.1. The van der Waals surface area contributed by atoms with Crippen LogP contribution in [-0.2, 0) is 0 Å². The van der Waals surface area contributed by atoms with Crippen LogP contribution in [0.4, 0.5) is 16.3 Å². The summed E-state index contributed by atoms with van der Waals surface area (Å²) in [6, 6.07) is 6.05. The number of hydrogen-bond donors (Lipinski definition) is 4. The standard InChI is InChI=1S/C18H18ClN5O4/c19-11-1-2-16(28-9-10-3-14(25)15(26)4-10)13(5-11)23-18(27)24-17-8-21-12(6-20)7-22-17/h1-2,5,7-8,10,14-15,25-26H,3-4,9H2,(H2,22,23,24,27)/t10?,14-,15+. The van der Waals surface area contributed by atoms with E-state index in [2.05, 4.69) is 20.6 Å². The average molecular weight is 404 g/mol. The maximum absolute atomic E-state index is 12.2. The Labute approximate surface area is 166 Å². The molecule has 1 aliphatic rings. The predicted octanol–water partition coefficient (Wildman–Crippen LogP) is 2.16. The van der Waals surface area contributed by atoms with Crippen LogP contribution < -0.4 is 15.4 Å². The fourth-order valence-corrected chi connectivity index (χ4v) is 3.06. The molecule has 1 saturated carbocycles. The smallest absolute Gasteiger partial charge is 0.325 e. The first-order valence-electron chi connectivity index (χ1n) is 8.53. The fraction of sp³-hybridized carbons (Fsp3) is 0.333. The number of halogens is 1. The number of ether oxygens (including phenoxy) is 1. The van der Waals surface area contributed by atoms with Crippen molar-refractivity contribution < 1.29 is 19.7 Å². The van der Waals surface area contributed by atoms with Crippen LogP contribution >= 0.6 is 11.6 Å². The van der Waals surface area contributed by atoms with Crippen LogP contribution in [-0.4, -0.2) is 45.0 Å². The summed E-state index contributed by atoms with van der Waals surface area (Å²) in [7, 11) is 0. The summed E-state index contributed by atoms with van der Waals surface area (Å²) < 4.78 is 5.77. The summed E-state index contributed by atoms with van der Waals surface area (Å²) in [4.78, 5) is 20.0. The second kappa shape index (κ2) is 8.84. The Morgan fingerprint density at radius 3 is 2.64 bits per heavy atom. The summed E-state index contributed by atoms with van der Waals surface area (Å²) >= 11 is 6.01. The highest BCUT2D eigenvalue weighted by molar-refractivity contribution is 6.31. The SMILES string of the molecule is N#Cc1cnc(NC(=O)Nc2cc(Cl)ccc2OCC2C[C@@H](O)[C@@H](O)C2)cn1. The zero-order valence-electron chi connectivity index (χ0n) is 14.7. The Hall–Kier alpha value is -2.93. The molecular weight excluding hydrogens is 386 g/mol. The number of nitrogens with one attached hydrogen (secondary N) is 2. The van der Waals surface area contributed by atoms with Gasteiger partial charge in [0.05, 0.1) is 36.9 Å². The Morgan fingerprint density at radius 2 is 2.00 bits per heavy atom. The lowest BCUT2D eigenvalue weighted by Crippen LogP contribution is -2.21. The second-order valence-electron chi connectivity index (χ2n) is 6.40. The zero-order chi connectivity index (χ0) is 20.1. The molecule has 1 fully saturated rings. The van der Waals surface area contributed by atoms with Gasteiger partial charge >= 0.3 is 6.03 Å². The van der Waals surface area contributed by atoms with Gasteiger partial charge < -0.3 is 20.3 Å². The second-order valence-corrected chi connectivity index (χ2v) is 6.84. The third kappa shape index (κ3) is 5.07. The van der Waals surface area contributed by atoms with Gasteiger partial charge in [-0.2, -0.15) is 5.26 Å². The van der Waals surface area contributed by atoms with Crippen molar-refractivity contribution in [1.82, 2.24) is 9.97 Å². The summed E-state index contributed by atoms with van der Waals surface area (Å²) in [5, 5.41) is 33.5. The lowest BCUT2D eigenvalue weighted by molar-refractivity contribution is 0.0438. The molecule has 3 rings (SSSR count). The van der Waals surface area contributed by atoms with Crippen molar-refractivity contribution in [3.05, 3.63) is 41.3 Å². The highest BCUT2D eigenvalue weighted by Gasteiger charge is 2.31. The molecule has 0 bridgehead atoms. The van der Waals surface area contributed by atoms with Gasteiger partial charge in [-0.15, -0.1) is 0 Å². The number of nitrogens with zero attached hydrogens (tertiary/aromatic N) is 3. The Kier molecular flexibility index (Phi) is 6.26. The number of urea groups is 1. The minimum atomic E-state index is -0.740. The van der Waals surface area contributed by atoms with E-state index in [0.717, 1.165) is 0 Å². The molecule has 2 amide bonds. The number of anilines is 2. The number of aliphatic hydroxyl groups excluding tert-OH is 2. The number of aliphatic hydroxyl groups is 2. The Morgan fingerprint density at radius 1 is 1.25 bits per heavy atom. The van der Waals surface area contributed by atoms with Crippen LogP contribution in [0.2, 0.25) is 5.02 Å². The van der Waals surface area contributed by atoms with E-state index in [0.29, 0.717) is 29.3 Å². The molecule has 28 heavy (non-hydrogen) atoms. The van der Waals surface area contributed by atoms with E-state index in [1.165, 1.54) is 12.4 Å². The molecule has 1 unspecified atom stereocenters. The molecule has 1 aromatic carbocycles. The minimum absolute atomic E-state index is 0.0104. The summed E-state index contributed by atoms with van der Waals surface area (Å²) in [6.07, 6.45) is 1.94. The number of rotatable bonds is 5. The van der Waals surface area contributed by atoms with Gasteiger partial charge in [0, 0.05) is 5.02 Å². The number of nitriles is 1. The minimum Gasteiger partial charge on any atom is -0.491 e. The maximum Gasteiger partial charge on any atom is 0.325 e. The summed E-state index contributed by atoms with van der Waals surface area (Å²) in [5.74, 6) is 0.590. The van der Waals surface area contributed by atoms with E-state index in [-0.39, 0.29) is 24.0 Å². The summed E-state index contributed by atoms with van der Waals surface area (Å²) in [5.41, 5.74) is 0.490. The fourth-order valence-electron chi connectivity index (χ4n) is 2.88. The molecule has 1 heterocycles. The normalized spacial score (nSPS) is 21.0. The third-order valence-electron chi connectivity index (χ3n) is 4.27. The van der Waals surface area contributed by atoms with E-state index in [1.54, 1.807) is 18.2 Å². The molecule has 0 aliphatic heterocycles. The van der Waals surface area contributed by atoms with E-state index in [9.17, 15) is 15.0 Å². The van der Waals surface area contributed by atoms with Gasteiger partial charge in [0.25, 0.3) is 0 Å². The van der Waals surface area contributed by atoms with Gasteiger partial charge in [-0.3, -0.25) is 5.32 Å². The number of aromatic nitrogens is 2. The van der Waals surface area contributed by atoms with E-state index in [4.69, 9.17) is 21.6 Å². The molecule has 9 nitrogen and oxygen atoms in total. The summed E-state index contributed by atoms with van der Waals surface area (Å²) in [6.45, 7) is 0.285. The molecule has 0 saturated heterocycles. The van der Waals surface area contributed by atoms with Gasteiger partial charge in [-0.1, -0.05) is 11.6 Å². The van der Waals surface area contributed by atoms with Crippen molar-refractivity contribution in [1.29, 1.82) is 5.26 Å². The monoisotopic (exact) mass is 403 g/mol. The number of carbonyl (C=O) groups is 1. The van der Waals surface area contributed by atoms with Gasteiger partial charge in [0.15, 0.2) is 11.5 Å². The van der Waals surface area contributed by atoms with E-state index < -0.39 is 18.2 Å². The van der Waals surface area contributed by atoms with Crippen molar-refractivity contribution in [3.63, 3.8) is 0 Å². The van der Waals surface area contributed by atoms with Crippen LogP contribution in [0, 0.1) is 17.2 Å². The molecule has 1 aromatic heterocycles. The molecule has 3 atom stereocenters. The van der Waals surface area contributed by atoms with Crippen molar-refractivity contribution in [2.75, 3.05) is 17.2 Å². The molecular formula is C18H18ClN5O4. The average Bonchev–Trinajstić information content (AvgIpc) is 2.99. The largest absolute Gasteiger partial charge is 0.491 e. The molecule has 4 N–H and O–H groups in total. The van der Waals surface area contributed by atoms with Gasteiger partial charge in [-0.05, 0) is 37.0 Å². The third-order valence-corrected chi connectivity index (χ3v) is 4.50. The predicted molar refractivity (Wildman–Crippen MR) is 101 cm³/mol. The Balaban J connectivity index is 1.63. The Bertz CT molecular complexity index is 877. The van der Waals surface area contributed by atoms with Crippen molar-refractivity contribution >= 4 is 29.1 Å². The number of hydrogen-bond acceptors (Lipinski definition) is 7.